The smallest absolute Gasteiger partial charge is 0.336 e. The topological polar surface area (TPSA) is 65.2 Å². The van der Waals surface area contributed by atoms with Crippen LogP contribution < -0.4 is 10.4 Å². The van der Waals surface area contributed by atoms with Crippen molar-refractivity contribution in [1.29, 1.82) is 0 Å². The SMILES string of the molecule is O=c1ccc2ccc(OCc3csc(-c4ccccn4)n3)cc2o1. The Morgan fingerprint density at radius 2 is 2.04 bits per heavy atom. The van der Waals surface area contributed by atoms with Crippen molar-refractivity contribution < 1.29 is 9.15 Å². The summed E-state index contributed by atoms with van der Waals surface area (Å²) in [4.78, 5) is 20.1. The van der Waals surface area contributed by atoms with Crippen molar-refractivity contribution in [2.75, 3.05) is 0 Å². The number of pyridine rings is 1. The van der Waals surface area contributed by atoms with Crippen LogP contribution >= 0.6 is 11.3 Å². The van der Waals surface area contributed by atoms with E-state index in [1.807, 2.05) is 35.7 Å². The van der Waals surface area contributed by atoms with Crippen molar-refractivity contribution in [1.82, 2.24) is 9.97 Å². The van der Waals surface area contributed by atoms with Crippen molar-refractivity contribution in [3.05, 3.63) is 76.2 Å². The van der Waals surface area contributed by atoms with Crippen LogP contribution in [0.3, 0.4) is 0 Å². The van der Waals surface area contributed by atoms with Gasteiger partial charge in [-0.1, -0.05) is 6.07 Å². The highest BCUT2D eigenvalue weighted by atomic mass is 32.1. The summed E-state index contributed by atoms with van der Waals surface area (Å²) >= 11 is 1.53. The number of thiazole rings is 1. The Morgan fingerprint density at radius 1 is 1.12 bits per heavy atom. The van der Waals surface area contributed by atoms with Crippen LogP contribution in [0.25, 0.3) is 21.7 Å². The van der Waals surface area contributed by atoms with Gasteiger partial charge < -0.3 is 9.15 Å². The van der Waals surface area contributed by atoms with Gasteiger partial charge in [0.15, 0.2) is 0 Å². The van der Waals surface area contributed by atoms with Gasteiger partial charge in [-0.2, -0.15) is 0 Å². The van der Waals surface area contributed by atoms with E-state index in [2.05, 4.69) is 9.97 Å². The minimum Gasteiger partial charge on any atom is -0.487 e. The van der Waals surface area contributed by atoms with Crippen molar-refractivity contribution in [2.45, 2.75) is 6.61 Å². The third-order valence-electron chi connectivity index (χ3n) is 3.42. The number of ether oxygens (including phenoxy) is 1. The maximum Gasteiger partial charge on any atom is 0.336 e. The number of hydrogen-bond donors (Lipinski definition) is 0. The summed E-state index contributed by atoms with van der Waals surface area (Å²) in [5.74, 6) is 0.629. The summed E-state index contributed by atoms with van der Waals surface area (Å²) in [5, 5.41) is 3.66. The molecule has 1 aromatic carbocycles. The van der Waals surface area contributed by atoms with Crippen LogP contribution in [0.2, 0.25) is 0 Å². The van der Waals surface area contributed by atoms with Crippen LogP contribution in [-0.4, -0.2) is 9.97 Å². The Labute approximate surface area is 141 Å². The highest BCUT2D eigenvalue weighted by Gasteiger charge is 2.07. The summed E-state index contributed by atoms with van der Waals surface area (Å²) in [7, 11) is 0. The molecule has 0 fully saturated rings. The molecule has 0 aliphatic rings. The Bertz CT molecular complexity index is 1040. The largest absolute Gasteiger partial charge is 0.487 e. The van der Waals surface area contributed by atoms with Gasteiger partial charge in [0.2, 0.25) is 0 Å². The molecule has 3 aromatic heterocycles. The van der Waals surface area contributed by atoms with E-state index >= 15 is 0 Å². The molecular weight excluding hydrogens is 324 g/mol. The fraction of sp³-hybridized carbons (Fsp3) is 0.0556. The fourth-order valence-electron chi connectivity index (χ4n) is 2.27. The Morgan fingerprint density at radius 3 is 2.92 bits per heavy atom. The van der Waals surface area contributed by atoms with Crippen molar-refractivity contribution in [3.63, 3.8) is 0 Å². The minimum absolute atomic E-state index is 0.339. The molecule has 0 spiro atoms. The van der Waals surface area contributed by atoms with E-state index < -0.39 is 0 Å². The summed E-state index contributed by atoms with van der Waals surface area (Å²) in [6.07, 6.45) is 1.75. The third kappa shape index (κ3) is 3.04. The molecule has 0 atom stereocenters. The van der Waals surface area contributed by atoms with Gasteiger partial charge in [-0.15, -0.1) is 11.3 Å². The van der Waals surface area contributed by atoms with E-state index in [0.29, 0.717) is 17.9 Å². The van der Waals surface area contributed by atoms with E-state index in [1.165, 1.54) is 17.4 Å². The summed E-state index contributed by atoms with van der Waals surface area (Å²) in [6, 6.07) is 14.3. The van der Waals surface area contributed by atoms with Gasteiger partial charge in [0.25, 0.3) is 0 Å². The Hall–Kier alpha value is -2.99. The maximum atomic E-state index is 11.3. The quantitative estimate of drug-likeness (QED) is 0.529. The van der Waals surface area contributed by atoms with Gasteiger partial charge in [0.1, 0.15) is 22.9 Å². The van der Waals surface area contributed by atoms with E-state index in [-0.39, 0.29) is 5.63 Å². The zero-order valence-corrected chi connectivity index (χ0v) is 13.3. The van der Waals surface area contributed by atoms with Crippen molar-refractivity contribution in [3.8, 4) is 16.5 Å². The second-order valence-electron chi connectivity index (χ2n) is 5.10. The van der Waals surface area contributed by atoms with E-state index in [9.17, 15) is 4.79 Å². The Kier molecular flexibility index (Phi) is 3.80. The number of hydrogen-bond acceptors (Lipinski definition) is 6. The van der Waals surface area contributed by atoms with Gasteiger partial charge in [0.05, 0.1) is 11.4 Å². The third-order valence-corrected chi connectivity index (χ3v) is 4.33. The molecule has 4 rings (SSSR count). The predicted octanol–water partition coefficient (Wildman–Crippen LogP) is 3.89. The number of aromatic nitrogens is 2. The number of benzene rings is 1. The summed E-state index contributed by atoms with van der Waals surface area (Å²) < 4.78 is 10.9. The first-order valence-electron chi connectivity index (χ1n) is 7.30. The van der Waals surface area contributed by atoms with Crippen LogP contribution in [0.4, 0.5) is 0 Å². The van der Waals surface area contributed by atoms with Gasteiger partial charge >= 0.3 is 5.63 Å². The van der Waals surface area contributed by atoms with Gasteiger partial charge in [-0.3, -0.25) is 4.98 Å². The summed E-state index contributed by atoms with van der Waals surface area (Å²) in [5.41, 5.74) is 1.81. The monoisotopic (exact) mass is 336 g/mol. The lowest BCUT2D eigenvalue weighted by Crippen LogP contribution is -1.97. The second kappa shape index (κ2) is 6.25. The van der Waals surface area contributed by atoms with Gasteiger partial charge in [-0.05, 0) is 30.3 Å². The molecule has 3 heterocycles. The normalized spacial score (nSPS) is 10.8. The number of nitrogens with zero attached hydrogens (tertiary/aromatic N) is 2. The van der Waals surface area contributed by atoms with Crippen LogP contribution in [-0.2, 0) is 6.61 Å². The van der Waals surface area contributed by atoms with Crippen LogP contribution in [0.1, 0.15) is 5.69 Å². The lowest BCUT2D eigenvalue weighted by molar-refractivity contribution is 0.302. The van der Waals surface area contributed by atoms with Gasteiger partial charge in [-0.25, -0.2) is 9.78 Å². The lowest BCUT2D eigenvalue weighted by atomic mass is 10.2. The van der Waals surface area contributed by atoms with Crippen LogP contribution in [0, 0.1) is 0 Å². The minimum atomic E-state index is -0.376. The molecule has 118 valence electrons. The molecule has 0 saturated carbocycles. The first-order chi connectivity index (χ1) is 11.8. The molecule has 0 N–H and O–H groups in total. The predicted molar refractivity (Wildman–Crippen MR) is 92.2 cm³/mol. The van der Waals surface area contributed by atoms with Crippen molar-refractivity contribution in [2.24, 2.45) is 0 Å². The molecule has 0 unspecified atom stereocenters. The molecule has 24 heavy (non-hydrogen) atoms. The molecule has 0 amide bonds. The average Bonchev–Trinajstić information content (AvgIpc) is 3.09. The molecular formula is C18H12N2O3S. The maximum absolute atomic E-state index is 11.3. The molecule has 0 aliphatic heterocycles. The second-order valence-corrected chi connectivity index (χ2v) is 5.96. The standard InChI is InChI=1S/C18H12N2O3S/c21-17-7-5-12-4-6-14(9-16(12)23-17)22-10-13-11-24-18(20-13)15-3-1-2-8-19-15/h1-9,11H,10H2. The van der Waals surface area contributed by atoms with Crippen LogP contribution in [0.15, 0.2) is 69.3 Å². The zero-order chi connectivity index (χ0) is 16.4. The van der Waals surface area contributed by atoms with Crippen LogP contribution in [0.5, 0.6) is 5.75 Å². The van der Waals surface area contributed by atoms with Crippen molar-refractivity contribution >= 4 is 22.3 Å². The molecule has 5 nitrogen and oxygen atoms in total. The summed E-state index contributed by atoms with van der Waals surface area (Å²) in [6.45, 7) is 0.339. The molecule has 0 radical (unpaired) electrons. The highest BCUT2D eigenvalue weighted by molar-refractivity contribution is 7.13. The first kappa shape index (κ1) is 14.6. The molecule has 0 bridgehead atoms. The zero-order valence-electron chi connectivity index (χ0n) is 12.5. The molecule has 4 aromatic rings. The number of fused-ring (bicyclic) bond motifs is 1. The van der Waals surface area contributed by atoms with E-state index in [0.717, 1.165) is 21.8 Å². The van der Waals surface area contributed by atoms with E-state index in [1.54, 1.807) is 18.3 Å². The molecule has 0 aliphatic carbocycles. The lowest BCUT2D eigenvalue weighted by Gasteiger charge is -2.05. The average molecular weight is 336 g/mol. The highest BCUT2D eigenvalue weighted by Crippen LogP contribution is 2.23. The fourth-order valence-corrected chi connectivity index (χ4v) is 3.05. The molecule has 0 saturated heterocycles. The molecule has 6 heteroatoms. The first-order valence-corrected chi connectivity index (χ1v) is 8.18. The Balaban J connectivity index is 1.51. The number of rotatable bonds is 4. The van der Waals surface area contributed by atoms with E-state index in [4.69, 9.17) is 9.15 Å². The van der Waals surface area contributed by atoms with Gasteiger partial charge in [0, 0.05) is 29.1 Å².